The van der Waals surface area contributed by atoms with Crippen LogP contribution in [0, 0.1) is 11.6 Å². The largest absolute Gasteiger partial charge is 0.334 e. The fraction of sp³-hybridized carbons (Fsp3) is 0.167. The van der Waals surface area contributed by atoms with Gasteiger partial charge >= 0.3 is 0 Å². The summed E-state index contributed by atoms with van der Waals surface area (Å²) in [4.78, 5) is 26.9. The van der Waals surface area contributed by atoms with Gasteiger partial charge in [0.2, 0.25) is 0 Å². The molecule has 3 aromatic rings. The number of carbonyl (C=O) groups excluding carboxylic acids is 2. The van der Waals surface area contributed by atoms with E-state index in [-0.39, 0.29) is 23.6 Å². The van der Waals surface area contributed by atoms with E-state index in [1.165, 1.54) is 47.4 Å². The Hall–Kier alpha value is -3.29. The molecule has 0 aliphatic rings. The third kappa shape index (κ3) is 6.12. The number of hydrogen-bond acceptors (Lipinski definition) is 3. The molecule has 0 aliphatic carbocycles. The number of anilines is 1. The highest BCUT2D eigenvalue weighted by Crippen LogP contribution is 2.24. The van der Waals surface area contributed by atoms with E-state index in [4.69, 9.17) is 17.3 Å². The summed E-state index contributed by atoms with van der Waals surface area (Å²) in [5.41, 5.74) is 7.03. The summed E-state index contributed by atoms with van der Waals surface area (Å²) in [5.74, 6) is -1.85. The van der Waals surface area contributed by atoms with Crippen LogP contribution in [0.1, 0.15) is 32.7 Å². The number of nitrogens with one attached hydrogen (secondary N) is 1. The summed E-state index contributed by atoms with van der Waals surface area (Å²) in [6, 6.07) is 15.7. The molecule has 2 amide bonds. The lowest BCUT2D eigenvalue weighted by molar-refractivity contribution is 0.0741. The highest BCUT2D eigenvalue weighted by molar-refractivity contribution is 6.31. The van der Waals surface area contributed by atoms with E-state index >= 15 is 0 Å². The number of hydrogen-bond donors (Lipinski definition) is 2. The van der Waals surface area contributed by atoms with Crippen molar-refractivity contribution >= 4 is 29.1 Å². The molecule has 166 valence electrons. The first-order valence-electron chi connectivity index (χ1n) is 9.97. The zero-order valence-corrected chi connectivity index (χ0v) is 17.9. The topological polar surface area (TPSA) is 75.4 Å². The lowest BCUT2D eigenvalue weighted by Gasteiger charge is -2.24. The minimum Gasteiger partial charge on any atom is -0.334 e. The zero-order valence-electron chi connectivity index (χ0n) is 17.2. The Morgan fingerprint density at radius 2 is 1.59 bits per heavy atom. The van der Waals surface area contributed by atoms with Gasteiger partial charge in [0.1, 0.15) is 11.6 Å². The summed E-state index contributed by atoms with van der Waals surface area (Å²) < 4.78 is 27.0. The number of benzene rings is 3. The average molecular weight is 458 g/mol. The van der Waals surface area contributed by atoms with Gasteiger partial charge in [-0.3, -0.25) is 9.59 Å². The molecule has 0 unspecified atom stereocenters. The third-order valence-corrected chi connectivity index (χ3v) is 5.11. The summed E-state index contributed by atoms with van der Waals surface area (Å²) >= 11 is 6.34. The van der Waals surface area contributed by atoms with Crippen molar-refractivity contribution in [2.45, 2.75) is 13.0 Å². The first-order chi connectivity index (χ1) is 15.4. The van der Waals surface area contributed by atoms with Gasteiger partial charge in [-0.25, -0.2) is 8.78 Å². The van der Waals surface area contributed by atoms with E-state index in [1.54, 1.807) is 18.2 Å². The van der Waals surface area contributed by atoms with E-state index in [0.29, 0.717) is 35.8 Å². The second-order valence-corrected chi connectivity index (χ2v) is 7.56. The third-order valence-electron chi connectivity index (χ3n) is 4.74. The molecule has 0 aromatic heterocycles. The second kappa shape index (κ2) is 10.8. The average Bonchev–Trinajstić information content (AvgIpc) is 2.78. The Kier molecular flexibility index (Phi) is 7.92. The molecule has 32 heavy (non-hydrogen) atoms. The lowest BCUT2D eigenvalue weighted by atomic mass is 10.1. The van der Waals surface area contributed by atoms with Gasteiger partial charge in [-0.05, 0) is 73.1 Å². The molecular weight excluding hydrogens is 436 g/mol. The van der Waals surface area contributed by atoms with E-state index < -0.39 is 17.5 Å². The quantitative estimate of drug-likeness (QED) is 0.507. The number of rotatable bonds is 8. The summed E-state index contributed by atoms with van der Waals surface area (Å²) in [6.45, 7) is 0.865. The number of halogens is 3. The van der Waals surface area contributed by atoms with Crippen LogP contribution in [0.4, 0.5) is 14.5 Å². The molecule has 0 bridgehead atoms. The van der Waals surface area contributed by atoms with Crippen molar-refractivity contribution in [1.29, 1.82) is 0 Å². The van der Waals surface area contributed by atoms with E-state index in [2.05, 4.69) is 5.32 Å². The van der Waals surface area contributed by atoms with Crippen molar-refractivity contribution in [2.24, 2.45) is 5.73 Å². The van der Waals surface area contributed by atoms with Gasteiger partial charge in [0, 0.05) is 34.9 Å². The smallest absolute Gasteiger partial charge is 0.255 e. The Balaban J connectivity index is 1.81. The van der Waals surface area contributed by atoms with Crippen LogP contribution < -0.4 is 11.1 Å². The van der Waals surface area contributed by atoms with Gasteiger partial charge in [0.05, 0.1) is 0 Å². The predicted molar refractivity (Wildman–Crippen MR) is 121 cm³/mol. The molecule has 0 fully saturated rings. The molecule has 0 saturated heterocycles. The van der Waals surface area contributed by atoms with Crippen LogP contribution >= 0.6 is 11.6 Å². The van der Waals surface area contributed by atoms with Gasteiger partial charge in [0.15, 0.2) is 0 Å². The van der Waals surface area contributed by atoms with Crippen molar-refractivity contribution in [2.75, 3.05) is 18.4 Å². The summed E-state index contributed by atoms with van der Waals surface area (Å²) in [5, 5.41) is 3.10. The highest BCUT2D eigenvalue weighted by Gasteiger charge is 2.18. The maximum absolute atomic E-state index is 13.6. The SMILES string of the molecule is NCCCN(Cc1cc(NC(=O)c2cccc(F)c2)ccc1Cl)C(=O)c1cccc(F)c1. The van der Waals surface area contributed by atoms with Crippen LogP contribution in [0.3, 0.4) is 0 Å². The Bertz CT molecular complexity index is 1120. The lowest BCUT2D eigenvalue weighted by Crippen LogP contribution is -2.32. The summed E-state index contributed by atoms with van der Waals surface area (Å²) in [7, 11) is 0. The molecule has 0 spiro atoms. The molecule has 0 aliphatic heterocycles. The van der Waals surface area contributed by atoms with Crippen LogP contribution in [-0.2, 0) is 6.54 Å². The first kappa shape index (κ1) is 23.4. The predicted octanol–water partition coefficient (Wildman–Crippen LogP) is 4.86. The van der Waals surface area contributed by atoms with Crippen LogP contribution in [0.2, 0.25) is 5.02 Å². The van der Waals surface area contributed by atoms with E-state index in [9.17, 15) is 18.4 Å². The summed E-state index contributed by atoms with van der Waals surface area (Å²) in [6.07, 6.45) is 0.550. The zero-order chi connectivity index (χ0) is 23.1. The van der Waals surface area contributed by atoms with Crippen molar-refractivity contribution < 1.29 is 18.4 Å². The molecule has 0 heterocycles. The minimum atomic E-state index is -0.513. The van der Waals surface area contributed by atoms with Gasteiger partial charge in [-0.2, -0.15) is 0 Å². The maximum atomic E-state index is 13.6. The molecule has 0 saturated carbocycles. The second-order valence-electron chi connectivity index (χ2n) is 7.15. The van der Waals surface area contributed by atoms with Crippen molar-refractivity contribution in [3.63, 3.8) is 0 Å². The Labute approximate surface area is 189 Å². The molecule has 5 nitrogen and oxygen atoms in total. The maximum Gasteiger partial charge on any atom is 0.255 e. The van der Waals surface area contributed by atoms with Gasteiger partial charge in [-0.15, -0.1) is 0 Å². The van der Waals surface area contributed by atoms with Gasteiger partial charge < -0.3 is 16.0 Å². The van der Waals surface area contributed by atoms with E-state index in [1.807, 2.05) is 0 Å². The van der Waals surface area contributed by atoms with Crippen LogP contribution in [-0.4, -0.2) is 29.8 Å². The first-order valence-corrected chi connectivity index (χ1v) is 10.4. The monoisotopic (exact) mass is 457 g/mol. The van der Waals surface area contributed by atoms with Crippen LogP contribution in [0.5, 0.6) is 0 Å². The molecule has 0 radical (unpaired) electrons. The Morgan fingerprint density at radius 1 is 0.938 bits per heavy atom. The van der Waals surface area contributed by atoms with Crippen molar-refractivity contribution in [3.05, 3.63) is 100 Å². The fourth-order valence-corrected chi connectivity index (χ4v) is 3.33. The number of amides is 2. The van der Waals surface area contributed by atoms with Crippen molar-refractivity contribution in [3.8, 4) is 0 Å². The number of nitrogens with two attached hydrogens (primary N) is 1. The van der Waals surface area contributed by atoms with Gasteiger partial charge in [-0.1, -0.05) is 23.7 Å². The van der Waals surface area contributed by atoms with E-state index in [0.717, 1.165) is 6.07 Å². The van der Waals surface area contributed by atoms with Crippen LogP contribution in [0.25, 0.3) is 0 Å². The number of carbonyl (C=O) groups is 2. The normalized spacial score (nSPS) is 10.6. The molecule has 3 rings (SSSR count). The van der Waals surface area contributed by atoms with Crippen molar-refractivity contribution in [1.82, 2.24) is 4.90 Å². The molecule has 3 N–H and O–H groups in total. The minimum absolute atomic E-state index is 0.137. The fourth-order valence-electron chi connectivity index (χ4n) is 3.15. The highest BCUT2D eigenvalue weighted by atomic mass is 35.5. The Morgan fingerprint density at radius 3 is 2.25 bits per heavy atom. The molecule has 0 atom stereocenters. The van der Waals surface area contributed by atoms with Crippen LogP contribution in [0.15, 0.2) is 66.7 Å². The van der Waals surface area contributed by atoms with Gasteiger partial charge in [0.25, 0.3) is 11.8 Å². The standard InChI is InChI=1S/C24H22ClF2N3O2/c25-22-9-8-21(29-23(31)16-4-1-6-19(26)12-16)14-18(22)15-30(11-3-10-28)24(32)17-5-2-7-20(27)13-17/h1-2,4-9,12-14H,3,10-11,15,28H2,(H,29,31). The molecule has 3 aromatic carbocycles. The molecule has 8 heteroatoms. The number of nitrogens with zero attached hydrogens (tertiary/aromatic N) is 1. The molecular formula is C24H22ClF2N3O2.